The van der Waals surface area contributed by atoms with Crippen molar-refractivity contribution in [3.05, 3.63) is 46.0 Å². The van der Waals surface area contributed by atoms with Crippen LogP contribution in [0.15, 0.2) is 34.3 Å². The predicted octanol–water partition coefficient (Wildman–Crippen LogP) is 2.91. The van der Waals surface area contributed by atoms with Crippen LogP contribution in [-0.4, -0.2) is 31.6 Å². The molecule has 0 saturated carbocycles. The lowest BCUT2D eigenvalue weighted by atomic mass is 10.2. The highest BCUT2D eigenvalue weighted by atomic mass is 32.1. The van der Waals surface area contributed by atoms with E-state index in [1.165, 1.54) is 10.4 Å². The van der Waals surface area contributed by atoms with Crippen LogP contribution in [-0.2, 0) is 13.0 Å². The van der Waals surface area contributed by atoms with Gasteiger partial charge in [-0.2, -0.15) is 0 Å². The van der Waals surface area contributed by atoms with E-state index in [0.29, 0.717) is 0 Å². The third-order valence-electron chi connectivity index (χ3n) is 3.21. The highest BCUT2D eigenvalue weighted by molar-refractivity contribution is 7.09. The summed E-state index contributed by atoms with van der Waals surface area (Å²) in [5.41, 5.74) is 1.28. The first kappa shape index (κ1) is 14.3. The molecular formula is C15H22N2OS. The summed E-state index contributed by atoms with van der Waals surface area (Å²) in [7, 11) is 2.15. The van der Waals surface area contributed by atoms with Crippen LogP contribution < -0.4 is 5.32 Å². The lowest BCUT2D eigenvalue weighted by Gasteiger charge is -2.16. The topological polar surface area (TPSA) is 28.4 Å². The van der Waals surface area contributed by atoms with Crippen LogP contribution in [0.5, 0.6) is 0 Å². The molecule has 0 aliphatic heterocycles. The van der Waals surface area contributed by atoms with Gasteiger partial charge in [0.15, 0.2) is 0 Å². The summed E-state index contributed by atoms with van der Waals surface area (Å²) in [4.78, 5) is 3.77. The lowest BCUT2D eigenvalue weighted by molar-refractivity contribution is 0.322. The lowest BCUT2D eigenvalue weighted by Crippen LogP contribution is -2.30. The Kier molecular flexibility index (Phi) is 5.63. The van der Waals surface area contributed by atoms with Crippen molar-refractivity contribution in [2.24, 2.45) is 0 Å². The summed E-state index contributed by atoms with van der Waals surface area (Å²) < 4.78 is 5.31. The van der Waals surface area contributed by atoms with Gasteiger partial charge >= 0.3 is 0 Å². The fraction of sp³-hybridized carbons (Fsp3) is 0.467. The Balaban J connectivity index is 1.56. The quantitative estimate of drug-likeness (QED) is 0.753. The van der Waals surface area contributed by atoms with Crippen molar-refractivity contribution in [2.75, 3.05) is 26.7 Å². The van der Waals surface area contributed by atoms with Crippen LogP contribution in [0.2, 0.25) is 0 Å². The zero-order valence-corrected chi connectivity index (χ0v) is 12.5. The summed E-state index contributed by atoms with van der Waals surface area (Å²) in [6, 6.07) is 6.36. The zero-order chi connectivity index (χ0) is 13.5. The summed E-state index contributed by atoms with van der Waals surface area (Å²) in [6.07, 6.45) is 2.89. The third kappa shape index (κ3) is 4.82. The van der Waals surface area contributed by atoms with Gasteiger partial charge in [-0.05, 0) is 37.9 Å². The molecule has 0 radical (unpaired) electrons. The molecule has 0 spiro atoms. The molecule has 0 fully saturated rings. The molecule has 2 aromatic rings. The molecule has 2 rings (SSSR count). The highest BCUT2D eigenvalue weighted by Crippen LogP contribution is 2.10. The molecule has 0 unspecified atom stereocenters. The molecule has 1 N–H and O–H groups in total. The molecule has 0 amide bonds. The van der Waals surface area contributed by atoms with E-state index in [-0.39, 0.29) is 0 Å². The summed E-state index contributed by atoms with van der Waals surface area (Å²) in [6.45, 7) is 6.10. The molecule has 19 heavy (non-hydrogen) atoms. The van der Waals surface area contributed by atoms with E-state index in [1.807, 2.05) is 18.3 Å². The predicted molar refractivity (Wildman–Crippen MR) is 80.7 cm³/mol. The monoisotopic (exact) mass is 278 g/mol. The summed E-state index contributed by atoms with van der Waals surface area (Å²) >= 11 is 1.83. The number of aryl methyl sites for hydroxylation is 1. The smallest absolute Gasteiger partial charge is 0.105 e. The number of rotatable bonds is 8. The van der Waals surface area contributed by atoms with Crippen LogP contribution in [0.1, 0.15) is 16.2 Å². The molecule has 3 nitrogen and oxygen atoms in total. The number of nitrogens with one attached hydrogen (secondary N) is 1. The van der Waals surface area contributed by atoms with Crippen LogP contribution in [0, 0.1) is 6.92 Å². The molecule has 0 saturated heterocycles. The van der Waals surface area contributed by atoms with Crippen LogP contribution in [0.3, 0.4) is 0 Å². The number of hydrogen-bond acceptors (Lipinski definition) is 4. The number of thiophene rings is 1. The molecule has 2 aromatic heterocycles. The van der Waals surface area contributed by atoms with Gasteiger partial charge in [0.2, 0.25) is 0 Å². The van der Waals surface area contributed by atoms with Crippen molar-refractivity contribution in [1.29, 1.82) is 0 Å². The number of furan rings is 1. The molecule has 0 aliphatic carbocycles. The van der Waals surface area contributed by atoms with Crippen LogP contribution in [0.25, 0.3) is 0 Å². The maximum Gasteiger partial charge on any atom is 0.105 e. The van der Waals surface area contributed by atoms with E-state index >= 15 is 0 Å². The standard InChI is InChI=1S/C15H22N2OS/c1-13-14(6-10-18-13)12-17(2)9-8-16-7-5-15-4-3-11-19-15/h3-4,6,10-11,16H,5,7-9,12H2,1-2H3. The first-order chi connectivity index (χ1) is 9.25. The maximum atomic E-state index is 5.31. The molecule has 0 bridgehead atoms. The normalized spacial score (nSPS) is 11.3. The average Bonchev–Trinajstić information content (AvgIpc) is 3.02. The molecule has 2 heterocycles. The minimum absolute atomic E-state index is 0.953. The maximum absolute atomic E-state index is 5.31. The Morgan fingerprint density at radius 1 is 1.32 bits per heavy atom. The second-order valence-electron chi connectivity index (χ2n) is 4.82. The van der Waals surface area contributed by atoms with Crippen molar-refractivity contribution in [1.82, 2.24) is 10.2 Å². The Morgan fingerprint density at radius 3 is 2.89 bits per heavy atom. The Labute approximate surface area is 119 Å². The van der Waals surface area contributed by atoms with E-state index in [4.69, 9.17) is 4.42 Å². The van der Waals surface area contributed by atoms with Gasteiger partial charge < -0.3 is 14.6 Å². The average molecular weight is 278 g/mol. The SMILES string of the molecule is Cc1occc1CN(C)CCNCCc1cccs1. The first-order valence-electron chi connectivity index (χ1n) is 6.70. The van der Waals surface area contributed by atoms with E-state index in [2.05, 4.69) is 40.8 Å². The minimum atomic E-state index is 0.953. The van der Waals surface area contributed by atoms with Crippen molar-refractivity contribution in [3.63, 3.8) is 0 Å². The van der Waals surface area contributed by atoms with Gasteiger partial charge in [0, 0.05) is 36.6 Å². The van der Waals surface area contributed by atoms with Gasteiger partial charge in [0.1, 0.15) is 5.76 Å². The van der Waals surface area contributed by atoms with Gasteiger partial charge in [-0.3, -0.25) is 0 Å². The number of likely N-dealkylation sites (N-methyl/N-ethyl adjacent to an activating group) is 1. The summed E-state index contributed by atoms with van der Waals surface area (Å²) in [5, 5.41) is 5.63. The molecule has 104 valence electrons. The largest absolute Gasteiger partial charge is 0.469 e. The van der Waals surface area contributed by atoms with Crippen molar-refractivity contribution in [2.45, 2.75) is 19.9 Å². The molecular weight excluding hydrogens is 256 g/mol. The Hall–Kier alpha value is -1.10. The van der Waals surface area contributed by atoms with E-state index in [1.54, 1.807) is 6.26 Å². The number of hydrogen-bond donors (Lipinski definition) is 1. The molecule has 0 atom stereocenters. The Bertz CT molecular complexity index is 464. The van der Waals surface area contributed by atoms with Crippen molar-refractivity contribution >= 4 is 11.3 Å². The van der Waals surface area contributed by atoms with Crippen LogP contribution >= 0.6 is 11.3 Å². The summed E-state index contributed by atoms with van der Waals surface area (Å²) in [5.74, 6) is 1.03. The second kappa shape index (κ2) is 7.48. The minimum Gasteiger partial charge on any atom is -0.469 e. The fourth-order valence-electron chi connectivity index (χ4n) is 2.01. The molecule has 0 aromatic carbocycles. The van der Waals surface area contributed by atoms with Gasteiger partial charge in [0.05, 0.1) is 6.26 Å². The van der Waals surface area contributed by atoms with Gasteiger partial charge in [-0.25, -0.2) is 0 Å². The number of nitrogens with zero attached hydrogens (tertiary/aromatic N) is 1. The Morgan fingerprint density at radius 2 is 2.21 bits per heavy atom. The zero-order valence-electron chi connectivity index (χ0n) is 11.7. The van der Waals surface area contributed by atoms with Gasteiger partial charge in [0.25, 0.3) is 0 Å². The third-order valence-corrected chi connectivity index (χ3v) is 4.14. The second-order valence-corrected chi connectivity index (χ2v) is 5.85. The van der Waals surface area contributed by atoms with Crippen molar-refractivity contribution < 1.29 is 4.42 Å². The van der Waals surface area contributed by atoms with E-state index < -0.39 is 0 Å². The fourth-order valence-corrected chi connectivity index (χ4v) is 2.72. The van der Waals surface area contributed by atoms with Gasteiger partial charge in [-0.1, -0.05) is 6.07 Å². The molecule has 0 aliphatic rings. The molecule has 4 heteroatoms. The van der Waals surface area contributed by atoms with Crippen molar-refractivity contribution in [3.8, 4) is 0 Å². The first-order valence-corrected chi connectivity index (χ1v) is 7.58. The van der Waals surface area contributed by atoms with E-state index in [0.717, 1.165) is 38.4 Å². The van der Waals surface area contributed by atoms with Crippen LogP contribution in [0.4, 0.5) is 0 Å². The highest BCUT2D eigenvalue weighted by Gasteiger charge is 2.04. The van der Waals surface area contributed by atoms with E-state index in [9.17, 15) is 0 Å². The van der Waals surface area contributed by atoms with Gasteiger partial charge in [-0.15, -0.1) is 11.3 Å².